The van der Waals surface area contributed by atoms with Crippen LogP contribution in [0.5, 0.6) is 0 Å². The van der Waals surface area contributed by atoms with Gasteiger partial charge >= 0.3 is 0 Å². The molecule has 2 N–H and O–H groups in total. The Kier molecular flexibility index (Phi) is 13.1. The highest BCUT2D eigenvalue weighted by Gasteiger charge is 2.14. The molecule has 0 bridgehead atoms. The van der Waals surface area contributed by atoms with E-state index in [9.17, 15) is 0 Å². The highest BCUT2D eigenvalue weighted by molar-refractivity contribution is 5.98. The zero-order valence-electron chi connectivity index (χ0n) is 21.8. The zero-order chi connectivity index (χ0) is 24.7. The highest BCUT2D eigenvalue weighted by atomic mass is 14.9. The lowest BCUT2D eigenvalue weighted by atomic mass is 9.87. The fourth-order valence-electron chi connectivity index (χ4n) is 3.47. The molecule has 0 unspecified atom stereocenters. The molecule has 2 nitrogen and oxygen atoms in total. The van der Waals surface area contributed by atoms with Gasteiger partial charge in [-0.3, -0.25) is 0 Å². The highest BCUT2D eigenvalue weighted by Crippen LogP contribution is 2.24. The molecule has 1 aromatic carbocycles. The van der Waals surface area contributed by atoms with E-state index < -0.39 is 0 Å². The summed E-state index contributed by atoms with van der Waals surface area (Å²) < 4.78 is 0. The first-order chi connectivity index (χ1) is 15.7. The minimum absolute atomic E-state index is 0.0385. The molecule has 0 saturated carbocycles. The van der Waals surface area contributed by atoms with Crippen molar-refractivity contribution in [2.24, 2.45) is 5.41 Å². The molecule has 2 heteroatoms. The number of benzene rings is 1. The Morgan fingerprint density at radius 2 is 1.88 bits per heavy atom. The van der Waals surface area contributed by atoms with Crippen LogP contribution in [0.4, 0.5) is 0 Å². The van der Waals surface area contributed by atoms with Gasteiger partial charge in [0.15, 0.2) is 0 Å². The van der Waals surface area contributed by atoms with Crippen LogP contribution in [-0.2, 0) is 6.42 Å². The smallest absolute Gasteiger partial charge is 0.0434 e. The van der Waals surface area contributed by atoms with Gasteiger partial charge in [0.1, 0.15) is 0 Å². The van der Waals surface area contributed by atoms with Gasteiger partial charge < -0.3 is 10.7 Å². The molecule has 0 aliphatic rings. The number of rotatable bonds is 16. The Labute approximate surface area is 203 Å². The molecule has 0 radical (unpaired) electrons. The largest absolute Gasteiger partial charge is 0.380 e. The lowest BCUT2D eigenvalue weighted by Crippen LogP contribution is -2.17. The summed E-state index contributed by atoms with van der Waals surface area (Å²) >= 11 is 0. The molecular formula is C31H46N2. The Morgan fingerprint density at radius 1 is 1.12 bits per heavy atom. The molecule has 33 heavy (non-hydrogen) atoms. The van der Waals surface area contributed by atoms with E-state index in [1.807, 2.05) is 18.2 Å². The van der Waals surface area contributed by atoms with Crippen LogP contribution in [0.25, 0.3) is 5.70 Å². The number of hydrogen-bond donors (Lipinski definition) is 2. The van der Waals surface area contributed by atoms with Gasteiger partial charge in [0.25, 0.3) is 0 Å². The fourth-order valence-corrected chi connectivity index (χ4v) is 3.47. The average molecular weight is 447 g/mol. The van der Waals surface area contributed by atoms with Gasteiger partial charge in [0, 0.05) is 18.0 Å². The second-order valence-electron chi connectivity index (χ2n) is 9.76. The molecule has 0 aliphatic heterocycles. The lowest BCUT2D eigenvalue weighted by molar-refractivity contribution is 0.449. The third-order valence-electron chi connectivity index (χ3n) is 6.01. The summed E-state index contributed by atoms with van der Waals surface area (Å²) in [6, 6.07) is 8.80. The summed E-state index contributed by atoms with van der Waals surface area (Å²) in [5.74, 6) is 0. The first-order valence-electron chi connectivity index (χ1n) is 12.4. The van der Waals surface area contributed by atoms with E-state index in [1.54, 1.807) is 6.08 Å². The topological polar surface area (TPSA) is 35.9 Å². The van der Waals surface area contributed by atoms with Crippen molar-refractivity contribution in [3.63, 3.8) is 0 Å². The third-order valence-corrected chi connectivity index (χ3v) is 6.01. The summed E-state index contributed by atoms with van der Waals surface area (Å²) in [5.41, 5.74) is 6.71. The van der Waals surface area contributed by atoms with Gasteiger partial charge in [-0.15, -0.1) is 6.58 Å². The fraction of sp³-hybridized carbons (Fsp3) is 0.452. The SMILES string of the molecule is C=C/C=C\C(CN/C(=C\C(=N)CCC(C)(C)C=C)c1cccc(CCCCCC)c1)=C(C)C. The van der Waals surface area contributed by atoms with Crippen molar-refractivity contribution < 1.29 is 0 Å². The molecule has 1 aromatic rings. The van der Waals surface area contributed by atoms with Crippen LogP contribution in [0.2, 0.25) is 0 Å². The molecule has 0 aliphatic carbocycles. The minimum atomic E-state index is 0.0385. The first kappa shape index (κ1) is 28.4. The molecular weight excluding hydrogens is 400 g/mol. The molecule has 0 heterocycles. The quantitative estimate of drug-likeness (QED) is 0.113. The predicted octanol–water partition coefficient (Wildman–Crippen LogP) is 8.83. The zero-order valence-corrected chi connectivity index (χ0v) is 21.8. The molecule has 0 amide bonds. The molecule has 0 fully saturated rings. The van der Waals surface area contributed by atoms with Crippen LogP contribution < -0.4 is 5.32 Å². The number of aryl methyl sites for hydroxylation is 1. The average Bonchev–Trinajstić information content (AvgIpc) is 2.79. The summed E-state index contributed by atoms with van der Waals surface area (Å²) in [6.07, 6.45) is 17.7. The number of nitrogens with one attached hydrogen (secondary N) is 2. The van der Waals surface area contributed by atoms with Gasteiger partial charge in [-0.25, -0.2) is 0 Å². The van der Waals surface area contributed by atoms with Crippen molar-refractivity contribution in [3.05, 3.63) is 90.1 Å². The van der Waals surface area contributed by atoms with Crippen LogP contribution in [0.1, 0.15) is 84.3 Å². The van der Waals surface area contributed by atoms with E-state index in [4.69, 9.17) is 5.41 Å². The predicted molar refractivity (Wildman–Crippen MR) is 149 cm³/mol. The van der Waals surface area contributed by atoms with E-state index in [0.717, 1.165) is 30.5 Å². The second kappa shape index (κ2) is 15.3. The van der Waals surface area contributed by atoms with Crippen LogP contribution in [0, 0.1) is 10.8 Å². The standard InChI is InChI=1S/C31H46N2/c1-8-11-13-14-16-26-17-15-19-27(22-26)30(23-29(32)20-21-31(6,7)10-3)33-24-28(25(4)5)18-12-9-2/h9-10,12,15,17-19,22-23,32-33H,2-3,8,11,13-14,16,20-21,24H2,1,4-7H3/b18-12-,30-23-,32-29?. The normalized spacial score (nSPS) is 12.0. The van der Waals surface area contributed by atoms with Crippen LogP contribution in [0.15, 0.2) is 78.9 Å². The van der Waals surface area contributed by atoms with E-state index in [1.165, 1.54) is 42.4 Å². The van der Waals surface area contributed by atoms with Gasteiger partial charge in [0.2, 0.25) is 0 Å². The van der Waals surface area contributed by atoms with Crippen LogP contribution in [0.3, 0.4) is 0 Å². The second-order valence-corrected chi connectivity index (χ2v) is 9.76. The summed E-state index contributed by atoms with van der Waals surface area (Å²) in [7, 11) is 0. The first-order valence-corrected chi connectivity index (χ1v) is 12.4. The Bertz CT molecular complexity index is 861. The number of allylic oxidation sites excluding steroid dienone is 5. The van der Waals surface area contributed by atoms with Crippen molar-refractivity contribution in [2.75, 3.05) is 6.54 Å². The summed E-state index contributed by atoms with van der Waals surface area (Å²) in [4.78, 5) is 0. The van der Waals surface area contributed by atoms with Gasteiger partial charge in [0.05, 0.1) is 0 Å². The molecule has 0 aromatic heterocycles. The van der Waals surface area contributed by atoms with Crippen molar-refractivity contribution >= 4 is 11.4 Å². The maximum absolute atomic E-state index is 8.63. The molecule has 1 rings (SSSR count). The van der Waals surface area contributed by atoms with Crippen LogP contribution >= 0.6 is 0 Å². The minimum Gasteiger partial charge on any atom is -0.380 e. The van der Waals surface area contributed by atoms with E-state index in [-0.39, 0.29) is 5.41 Å². The van der Waals surface area contributed by atoms with E-state index >= 15 is 0 Å². The molecule has 0 saturated heterocycles. The van der Waals surface area contributed by atoms with Crippen molar-refractivity contribution in [1.29, 1.82) is 5.41 Å². The van der Waals surface area contributed by atoms with E-state index in [0.29, 0.717) is 12.3 Å². The molecule has 180 valence electrons. The molecule has 0 spiro atoms. The van der Waals surface area contributed by atoms with Gasteiger partial charge in [-0.2, -0.15) is 0 Å². The Morgan fingerprint density at radius 3 is 2.52 bits per heavy atom. The number of unbranched alkanes of at least 4 members (excludes halogenated alkanes) is 3. The number of hydrogen-bond acceptors (Lipinski definition) is 2. The summed E-state index contributed by atoms with van der Waals surface area (Å²) in [5, 5.41) is 12.3. The third kappa shape index (κ3) is 11.7. The van der Waals surface area contributed by atoms with Crippen LogP contribution in [-0.4, -0.2) is 12.3 Å². The van der Waals surface area contributed by atoms with E-state index in [2.05, 4.69) is 83.4 Å². The van der Waals surface area contributed by atoms with Gasteiger partial charge in [-0.05, 0) is 73.8 Å². The van der Waals surface area contributed by atoms with Crippen molar-refractivity contribution in [3.8, 4) is 0 Å². The van der Waals surface area contributed by atoms with Crippen molar-refractivity contribution in [1.82, 2.24) is 5.32 Å². The Balaban J connectivity index is 3.12. The maximum atomic E-state index is 8.63. The Hall–Kier alpha value is -2.61. The van der Waals surface area contributed by atoms with Gasteiger partial charge in [-0.1, -0.05) is 94.7 Å². The lowest BCUT2D eigenvalue weighted by Gasteiger charge is -2.19. The maximum Gasteiger partial charge on any atom is 0.0434 e. The summed E-state index contributed by atoms with van der Waals surface area (Å²) in [6.45, 7) is 19.3. The monoisotopic (exact) mass is 446 g/mol. The molecule has 0 atom stereocenters. The van der Waals surface area contributed by atoms with Crippen molar-refractivity contribution in [2.45, 2.75) is 79.6 Å².